The van der Waals surface area contributed by atoms with Crippen LogP contribution in [0.15, 0.2) is 0 Å². The third-order valence-corrected chi connectivity index (χ3v) is 1.82. The first-order chi connectivity index (χ1) is 5.36. The van der Waals surface area contributed by atoms with Crippen LogP contribution in [0, 0.1) is 0 Å². The lowest BCUT2D eigenvalue weighted by Gasteiger charge is -2.28. The van der Waals surface area contributed by atoms with Gasteiger partial charge < -0.3 is 14.6 Å². The molecular formula is C8H16O3. The van der Waals surface area contributed by atoms with Crippen LogP contribution < -0.4 is 0 Å². The summed E-state index contributed by atoms with van der Waals surface area (Å²) in [6.07, 6.45) is 2.72. The molecule has 1 fully saturated rings. The van der Waals surface area contributed by atoms with Crippen LogP contribution in [0.3, 0.4) is 0 Å². The summed E-state index contributed by atoms with van der Waals surface area (Å²) in [6, 6.07) is 0. The fraction of sp³-hybridized carbons (Fsp3) is 1.00. The van der Waals surface area contributed by atoms with Gasteiger partial charge in [0.2, 0.25) is 0 Å². The van der Waals surface area contributed by atoms with E-state index in [9.17, 15) is 0 Å². The maximum Gasteiger partial charge on any atom is 0.158 e. The highest BCUT2D eigenvalue weighted by Crippen LogP contribution is 2.15. The number of rotatable bonds is 3. The van der Waals surface area contributed by atoms with E-state index in [1.54, 1.807) is 0 Å². The van der Waals surface area contributed by atoms with Gasteiger partial charge in [-0.2, -0.15) is 0 Å². The molecule has 1 N–H and O–H groups in total. The first-order valence-electron chi connectivity index (χ1n) is 4.24. The molecule has 3 nitrogen and oxygen atoms in total. The number of hydrogen-bond acceptors (Lipinski definition) is 3. The lowest BCUT2D eigenvalue weighted by Crippen LogP contribution is -2.34. The van der Waals surface area contributed by atoms with Crippen molar-refractivity contribution >= 4 is 0 Å². The Labute approximate surface area is 67.3 Å². The number of ether oxygens (including phenoxy) is 2. The van der Waals surface area contributed by atoms with E-state index in [1.807, 2.05) is 0 Å². The van der Waals surface area contributed by atoms with Crippen molar-refractivity contribution in [3.63, 3.8) is 0 Å². The standard InChI is InChI=1S/C8H16O3/c1-2-3-8-10-5-4-7(6-9)11-8/h7-9H,2-6H2,1H3. The molecule has 0 bridgehead atoms. The van der Waals surface area contributed by atoms with E-state index in [1.165, 1.54) is 0 Å². The van der Waals surface area contributed by atoms with Gasteiger partial charge in [0, 0.05) is 0 Å². The summed E-state index contributed by atoms with van der Waals surface area (Å²) in [4.78, 5) is 0. The quantitative estimate of drug-likeness (QED) is 0.667. The van der Waals surface area contributed by atoms with Crippen molar-refractivity contribution in [3.8, 4) is 0 Å². The summed E-state index contributed by atoms with van der Waals surface area (Å²) in [6.45, 7) is 2.93. The molecule has 1 aliphatic heterocycles. The van der Waals surface area contributed by atoms with Crippen molar-refractivity contribution in [2.24, 2.45) is 0 Å². The highest BCUT2D eigenvalue weighted by Gasteiger charge is 2.20. The molecule has 1 saturated heterocycles. The van der Waals surface area contributed by atoms with Gasteiger partial charge in [0.15, 0.2) is 6.29 Å². The van der Waals surface area contributed by atoms with Crippen LogP contribution in [0.2, 0.25) is 0 Å². The largest absolute Gasteiger partial charge is 0.394 e. The molecule has 2 atom stereocenters. The normalized spacial score (nSPS) is 32.2. The molecule has 1 heterocycles. The van der Waals surface area contributed by atoms with Crippen molar-refractivity contribution in [1.82, 2.24) is 0 Å². The summed E-state index contributed by atoms with van der Waals surface area (Å²) in [5.74, 6) is 0. The van der Waals surface area contributed by atoms with E-state index in [0.29, 0.717) is 0 Å². The maximum absolute atomic E-state index is 8.80. The molecule has 11 heavy (non-hydrogen) atoms. The van der Waals surface area contributed by atoms with Crippen LogP contribution in [0.1, 0.15) is 26.2 Å². The van der Waals surface area contributed by atoms with Crippen molar-refractivity contribution in [2.45, 2.75) is 38.6 Å². The second-order valence-corrected chi connectivity index (χ2v) is 2.82. The number of hydrogen-bond donors (Lipinski definition) is 1. The average Bonchev–Trinajstić information content (AvgIpc) is 2.06. The zero-order valence-electron chi connectivity index (χ0n) is 6.95. The van der Waals surface area contributed by atoms with Gasteiger partial charge in [-0.1, -0.05) is 13.3 Å². The number of aliphatic hydroxyl groups is 1. The molecule has 66 valence electrons. The van der Waals surface area contributed by atoms with Crippen molar-refractivity contribution < 1.29 is 14.6 Å². The topological polar surface area (TPSA) is 38.7 Å². The molecule has 1 aliphatic rings. The Balaban J connectivity index is 2.21. The van der Waals surface area contributed by atoms with Gasteiger partial charge in [0.25, 0.3) is 0 Å². The molecule has 2 unspecified atom stereocenters. The summed E-state index contributed by atoms with van der Waals surface area (Å²) >= 11 is 0. The van der Waals surface area contributed by atoms with E-state index in [-0.39, 0.29) is 19.0 Å². The Hall–Kier alpha value is -0.120. The smallest absolute Gasteiger partial charge is 0.158 e. The van der Waals surface area contributed by atoms with Gasteiger partial charge in [0.1, 0.15) is 0 Å². The molecule has 3 heteroatoms. The van der Waals surface area contributed by atoms with Crippen LogP contribution in [0.5, 0.6) is 0 Å². The van der Waals surface area contributed by atoms with Gasteiger partial charge in [0.05, 0.1) is 19.3 Å². The molecule has 0 spiro atoms. The Morgan fingerprint density at radius 1 is 1.55 bits per heavy atom. The highest BCUT2D eigenvalue weighted by atomic mass is 16.7. The third kappa shape index (κ3) is 2.77. The number of aliphatic hydroxyl groups excluding tert-OH is 1. The van der Waals surface area contributed by atoms with Gasteiger partial charge in [-0.05, 0) is 12.8 Å². The second-order valence-electron chi connectivity index (χ2n) is 2.82. The molecule has 0 amide bonds. The minimum absolute atomic E-state index is 0.000278. The maximum atomic E-state index is 8.80. The SMILES string of the molecule is CCCC1OCCC(CO)O1. The van der Waals surface area contributed by atoms with Crippen molar-refractivity contribution in [1.29, 1.82) is 0 Å². The minimum Gasteiger partial charge on any atom is -0.394 e. The Bertz CT molecular complexity index is 104. The Morgan fingerprint density at radius 2 is 2.36 bits per heavy atom. The third-order valence-electron chi connectivity index (χ3n) is 1.82. The lowest BCUT2D eigenvalue weighted by atomic mass is 10.2. The summed E-state index contributed by atoms with van der Waals surface area (Å²) in [7, 11) is 0. The Kier molecular flexibility index (Phi) is 3.83. The summed E-state index contributed by atoms with van der Waals surface area (Å²) in [5, 5.41) is 8.80. The molecule has 1 rings (SSSR count). The molecule has 0 saturated carbocycles. The monoisotopic (exact) mass is 160 g/mol. The van der Waals surface area contributed by atoms with Crippen LogP contribution >= 0.6 is 0 Å². The summed E-state index contributed by atoms with van der Waals surface area (Å²) < 4.78 is 10.7. The van der Waals surface area contributed by atoms with E-state index >= 15 is 0 Å². The average molecular weight is 160 g/mol. The van der Waals surface area contributed by atoms with E-state index in [2.05, 4.69) is 6.92 Å². The zero-order valence-corrected chi connectivity index (χ0v) is 6.95. The van der Waals surface area contributed by atoms with Crippen LogP contribution in [-0.2, 0) is 9.47 Å². The predicted octanol–water partition coefficient (Wildman–Crippen LogP) is 0.910. The van der Waals surface area contributed by atoms with E-state index < -0.39 is 0 Å². The van der Waals surface area contributed by atoms with Crippen molar-refractivity contribution in [2.75, 3.05) is 13.2 Å². The molecule has 0 aromatic carbocycles. The minimum atomic E-state index is -0.0779. The Morgan fingerprint density at radius 3 is 3.00 bits per heavy atom. The molecule has 0 aromatic heterocycles. The van der Waals surface area contributed by atoms with E-state index in [4.69, 9.17) is 14.6 Å². The lowest BCUT2D eigenvalue weighted by molar-refractivity contribution is -0.221. The van der Waals surface area contributed by atoms with E-state index in [0.717, 1.165) is 25.9 Å². The molecule has 0 aliphatic carbocycles. The predicted molar refractivity (Wildman–Crippen MR) is 41.2 cm³/mol. The first kappa shape index (κ1) is 8.97. The van der Waals surface area contributed by atoms with Crippen LogP contribution in [0.25, 0.3) is 0 Å². The summed E-state index contributed by atoms with van der Waals surface area (Å²) in [5.41, 5.74) is 0. The fourth-order valence-electron chi connectivity index (χ4n) is 1.17. The van der Waals surface area contributed by atoms with Gasteiger partial charge >= 0.3 is 0 Å². The van der Waals surface area contributed by atoms with Crippen LogP contribution in [-0.4, -0.2) is 30.7 Å². The van der Waals surface area contributed by atoms with Crippen molar-refractivity contribution in [3.05, 3.63) is 0 Å². The van der Waals surface area contributed by atoms with Gasteiger partial charge in [-0.3, -0.25) is 0 Å². The molecule has 0 aromatic rings. The zero-order chi connectivity index (χ0) is 8.10. The van der Waals surface area contributed by atoms with Crippen LogP contribution in [0.4, 0.5) is 0 Å². The first-order valence-corrected chi connectivity index (χ1v) is 4.24. The molecule has 0 radical (unpaired) electrons. The molecular weight excluding hydrogens is 144 g/mol. The van der Waals surface area contributed by atoms with Gasteiger partial charge in [-0.25, -0.2) is 0 Å². The fourth-order valence-corrected chi connectivity index (χ4v) is 1.17. The van der Waals surface area contributed by atoms with Gasteiger partial charge in [-0.15, -0.1) is 0 Å². The second kappa shape index (κ2) is 4.70. The highest BCUT2D eigenvalue weighted by molar-refractivity contribution is 4.62.